The van der Waals surface area contributed by atoms with Gasteiger partial charge in [-0.25, -0.2) is 0 Å². The number of carbonyl (C=O) groups excluding carboxylic acids is 2. The molecule has 0 aromatic heterocycles. The van der Waals surface area contributed by atoms with E-state index in [0.29, 0.717) is 19.6 Å². The molecule has 0 aliphatic carbocycles. The Bertz CT molecular complexity index is 208. The molecule has 0 saturated heterocycles. The van der Waals surface area contributed by atoms with Gasteiger partial charge in [0, 0.05) is 26.2 Å². The lowest BCUT2D eigenvalue weighted by molar-refractivity contribution is -0.139. The Labute approximate surface area is 90.2 Å². The second-order valence-corrected chi connectivity index (χ2v) is 3.20. The smallest absolute Gasteiger partial charge is 0.309 e. The van der Waals surface area contributed by atoms with Crippen LogP contribution in [0.1, 0.15) is 6.92 Å². The lowest BCUT2D eigenvalue weighted by Crippen LogP contribution is -2.43. The van der Waals surface area contributed by atoms with Gasteiger partial charge in [0.05, 0.1) is 0 Å². The van der Waals surface area contributed by atoms with E-state index in [2.05, 4.69) is 10.6 Å². The van der Waals surface area contributed by atoms with Crippen LogP contribution in [0.25, 0.3) is 0 Å². The van der Waals surface area contributed by atoms with Crippen LogP contribution in [-0.2, 0) is 9.59 Å². The highest BCUT2D eigenvalue weighted by Crippen LogP contribution is 1.78. The number of rotatable bonds is 6. The molecule has 6 heteroatoms. The van der Waals surface area contributed by atoms with E-state index in [1.54, 1.807) is 0 Å². The molecular formula is C9H20N4O2. The van der Waals surface area contributed by atoms with Crippen molar-refractivity contribution in [2.24, 2.45) is 5.73 Å². The lowest BCUT2D eigenvalue weighted by Gasteiger charge is -2.13. The van der Waals surface area contributed by atoms with Crippen LogP contribution in [0.5, 0.6) is 0 Å². The van der Waals surface area contributed by atoms with Crippen LogP contribution < -0.4 is 16.4 Å². The van der Waals surface area contributed by atoms with Gasteiger partial charge in [-0.2, -0.15) is 0 Å². The highest BCUT2D eigenvalue weighted by Gasteiger charge is 2.11. The Hall–Kier alpha value is -1.14. The van der Waals surface area contributed by atoms with Crippen molar-refractivity contribution in [3.63, 3.8) is 0 Å². The van der Waals surface area contributed by atoms with Gasteiger partial charge in [-0.15, -0.1) is 0 Å². The van der Waals surface area contributed by atoms with E-state index in [9.17, 15) is 9.59 Å². The zero-order chi connectivity index (χ0) is 11.7. The second kappa shape index (κ2) is 8.19. The van der Waals surface area contributed by atoms with E-state index in [4.69, 9.17) is 5.73 Å². The maximum atomic E-state index is 11.1. The Morgan fingerprint density at radius 1 is 1.20 bits per heavy atom. The molecule has 4 N–H and O–H groups in total. The molecule has 0 fully saturated rings. The minimum atomic E-state index is -0.625. The van der Waals surface area contributed by atoms with Crippen LogP contribution in [0, 0.1) is 0 Å². The number of nitrogens with two attached hydrogens (primary N) is 1. The molecular weight excluding hydrogens is 196 g/mol. The molecule has 0 saturated carbocycles. The maximum Gasteiger partial charge on any atom is 0.309 e. The van der Waals surface area contributed by atoms with Crippen molar-refractivity contribution in [1.29, 1.82) is 0 Å². The number of hydrogen-bond donors (Lipinski definition) is 3. The predicted octanol–water partition coefficient (Wildman–Crippen LogP) is -1.87. The third-order valence-electron chi connectivity index (χ3n) is 1.96. The van der Waals surface area contributed by atoms with Gasteiger partial charge in [-0.05, 0) is 13.6 Å². The van der Waals surface area contributed by atoms with E-state index in [-0.39, 0.29) is 0 Å². The van der Waals surface area contributed by atoms with Gasteiger partial charge in [0.25, 0.3) is 0 Å². The van der Waals surface area contributed by atoms with Crippen molar-refractivity contribution >= 4 is 11.8 Å². The van der Waals surface area contributed by atoms with E-state index in [0.717, 1.165) is 13.1 Å². The Morgan fingerprint density at radius 3 is 2.20 bits per heavy atom. The van der Waals surface area contributed by atoms with Crippen molar-refractivity contribution in [3.05, 3.63) is 0 Å². The van der Waals surface area contributed by atoms with Crippen LogP contribution in [0.15, 0.2) is 0 Å². The van der Waals surface area contributed by atoms with Gasteiger partial charge >= 0.3 is 11.8 Å². The summed E-state index contributed by atoms with van der Waals surface area (Å²) >= 11 is 0. The summed E-state index contributed by atoms with van der Waals surface area (Å²) in [6.07, 6.45) is 0. The number of hydrogen-bond acceptors (Lipinski definition) is 4. The van der Waals surface area contributed by atoms with Crippen molar-refractivity contribution in [2.45, 2.75) is 6.92 Å². The molecule has 0 rings (SSSR count). The zero-order valence-electron chi connectivity index (χ0n) is 9.38. The quantitative estimate of drug-likeness (QED) is 0.454. The fourth-order valence-electron chi connectivity index (χ4n) is 0.865. The first-order chi connectivity index (χ1) is 7.11. The topological polar surface area (TPSA) is 87.5 Å². The Morgan fingerprint density at radius 2 is 1.73 bits per heavy atom. The maximum absolute atomic E-state index is 11.1. The summed E-state index contributed by atoms with van der Waals surface area (Å²) < 4.78 is 0. The molecule has 0 heterocycles. The number of likely N-dealkylation sites (N-methyl/N-ethyl adjacent to an activating group) is 1. The lowest BCUT2D eigenvalue weighted by atomic mass is 10.4. The average Bonchev–Trinajstić information content (AvgIpc) is 2.25. The second-order valence-electron chi connectivity index (χ2n) is 3.20. The third-order valence-corrected chi connectivity index (χ3v) is 1.96. The van der Waals surface area contributed by atoms with E-state index >= 15 is 0 Å². The SMILES string of the molecule is CCN(C)CCNC(=O)C(=O)NCCN. The normalized spacial score (nSPS) is 10.1. The number of nitrogens with one attached hydrogen (secondary N) is 2. The van der Waals surface area contributed by atoms with Crippen molar-refractivity contribution in [2.75, 3.05) is 39.8 Å². The summed E-state index contributed by atoms with van der Waals surface area (Å²) in [5.74, 6) is -1.23. The number of nitrogens with zero attached hydrogens (tertiary/aromatic N) is 1. The zero-order valence-corrected chi connectivity index (χ0v) is 9.38. The first-order valence-corrected chi connectivity index (χ1v) is 5.06. The third kappa shape index (κ3) is 6.87. The standard InChI is InChI=1S/C9H20N4O2/c1-3-13(2)7-6-12-9(15)8(14)11-5-4-10/h3-7,10H2,1-2H3,(H,11,14)(H,12,15). The molecule has 0 spiro atoms. The molecule has 15 heavy (non-hydrogen) atoms. The first kappa shape index (κ1) is 13.9. The summed E-state index contributed by atoms with van der Waals surface area (Å²) in [5, 5.41) is 4.92. The summed E-state index contributed by atoms with van der Waals surface area (Å²) in [7, 11) is 1.95. The van der Waals surface area contributed by atoms with Crippen LogP contribution in [-0.4, -0.2) is 56.5 Å². The molecule has 0 aliphatic heterocycles. The molecule has 6 nitrogen and oxygen atoms in total. The van der Waals surface area contributed by atoms with E-state index < -0.39 is 11.8 Å². The molecule has 0 aliphatic rings. The van der Waals surface area contributed by atoms with Crippen molar-refractivity contribution < 1.29 is 9.59 Å². The molecule has 88 valence electrons. The summed E-state index contributed by atoms with van der Waals surface area (Å²) in [6, 6.07) is 0. The molecule has 0 radical (unpaired) electrons. The van der Waals surface area contributed by atoms with Crippen molar-refractivity contribution in [3.8, 4) is 0 Å². The minimum absolute atomic E-state index is 0.321. The van der Waals surface area contributed by atoms with Gasteiger partial charge in [0.1, 0.15) is 0 Å². The van der Waals surface area contributed by atoms with Crippen LogP contribution in [0.2, 0.25) is 0 Å². The number of amides is 2. The summed E-state index contributed by atoms with van der Waals surface area (Å²) in [5.41, 5.74) is 5.18. The molecule has 0 unspecified atom stereocenters. The molecule has 0 bridgehead atoms. The average molecular weight is 216 g/mol. The van der Waals surface area contributed by atoms with Gasteiger partial charge in [-0.1, -0.05) is 6.92 Å². The highest BCUT2D eigenvalue weighted by molar-refractivity contribution is 6.35. The number of carbonyl (C=O) groups is 2. The van der Waals surface area contributed by atoms with Crippen LogP contribution in [0.4, 0.5) is 0 Å². The van der Waals surface area contributed by atoms with Gasteiger partial charge < -0.3 is 21.3 Å². The largest absolute Gasteiger partial charge is 0.347 e. The first-order valence-electron chi connectivity index (χ1n) is 5.06. The monoisotopic (exact) mass is 216 g/mol. The Kier molecular flexibility index (Phi) is 7.57. The van der Waals surface area contributed by atoms with Gasteiger partial charge in [-0.3, -0.25) is 9.59 Å². The van der Waals surface area contributed by atoms with E-state index in [1.807, 2.05) is 18.9 Å². The van der Waals surface area contributed by atoms with Crippen molar-refractivity contribution in [1.82, 2.24) is 15.5 Å². The van der Waals surface area contributed by atoms with E-state index in [1.165, 1.54) is 0 Å². The molecule has 0 aromatic carbocycles. The minimum Gasteiger partial charge on any atom is -0.347 e. The van der Waals surface area contributed by atoms with Gasteiger partial charge in [0.2, 0.25) is 0 Å². The fourth-order valence-corrected chi connectivity index (χ4v) is 0.865. The molecule has 2 amide bonds. The van der Waals surface area contributed by atoms with Crippen LogP contribution in [0.3, 0.4) is 0 Å². The Balaban J connectivity index is 3.60. The molecule has 0 aromatic rings. The summed E-state index contributed by atoms with van der Waals surface area (Å²) in [4.78, 5) is 24.2. The van der Waals surface area contributed by atoms with Gasteiger partial charge in [0.15, 0.2) is 0 Å². The molecule has 0 atom stereocenters. The fraction of sp³-hybridized carbons (Fsp3) is 0.778. The van der Waals surface area contributed by atoms with Crippen LogP contribution >= 0.6 is 0 Å². The summed E-state index contributed by atoms with van der Waals surface area (Å²) in [6.45, 7) is 4.79. The highest BCUT2D eigenvalue weighted by atomic mass is 16.2. The predicted molar refractivity (Wildman–Crippen MR) is 58.2 cm³/mol.